The third kappa shape index (κ3) is 5.40. The fourth-order valence-corrected chi connectivity index (χ4v) is 8.87. The first-order chi connectivity index (χ1) is 13.2. The normalized spacial score (nSPS) is 13.0. The van der Waals surface area contributed by atoms with Crippen LogP contribution < -0.4 is 47.6 Å². The smallest absolute Gasteiger partial charge is 1.00 e. The van der Waals surface area contributed by atoms with Gasteiger partial charge in [0.2, 0.25) is 0 Å². The van der Waals surface area contributed by atoms with Gasteiger partial charge in [0.05, 0.1) is 0 Å². The fraction of sp³-hybridized carbons (Fsp3) is 0.120. The van der Waals surface area contributed by atoms with Crippen molar-refractivity contribution in [3.63, 3.8) is 0 Å². The van der Waals surface area contributed by atoms with Crippen LogP contribution in [0.4, 0.5) is 0 Å². The van der Waals surface area contributed by atoms with Gasteiger partial charge in [-0.1, -0.05) is 0 Å². The Balaban J connectivity index is 0.00000150. The van der Waals surface area contributed by atoms with E-state index in [9.17, 15) is 0 Å². The van der Waals surface area contributed by atoms with Crippen LogP contribution in [0.15, 0.2) is 112 Å². The molecule has 0 saturated carbocycles. The molecule has 1 aliphatic rings. The summed E-state index contributed by atoms with van der Waals surface area (Å²) in [6.07, 6.45) is 4.63. The van der Waals surface area contributed by atoms with Crippen molar-refractivity contribution in [1.82, 2.24) is 0 Å². The predicted molar refractivity (Wildman–Crippen MR) is 114 cm³/mol. The average Bonchev–Trinajstić information content (AvgIpc) is 3.10. The van der Waals surface area contributed by atoms with Gasteiger partial charge in [0.15, 0.2) is 0 Å². The number of halogens is 3. The largest absolute Gasteiger partial charge is 1.00 e. The van der Waals surface area contributed by atoms with Gasteiger partial charge in [-0.15, -0.1) is 0 Å². The molecule has 1 aliphatic carbocycles. The van der Waals surface area contributed by atoms with Gasteiger partial charge in [0.1, 0.15) is 0 Å². The number of hydrogen-bond acceptors (Lipinski definition) is 0. The van der Waals surface area contributed by atoms with Crippen molar-refractivity contribution in [2.45, 2.75) is 19.4 Å². The molecule has 0 bridgehead atoms. The molecule has 4 rings (SSSR count). The molecule has 0 spiro atoms. The van der Waals surface area contributed by atoms with Gasteiger partial charge in [0, 0.05) is 0 Å². The molecule has 0 fully saturated rings. The van der Waals surface area contributed by atoms with Crippen molar-refractivity contribution in [3.8, 4) is 0 Å². The van der Waals surface area contributed by atoms with Gasteiger partial charge in [0.25, 0.3) is 0 Å². The Morgan fingerprint density at radius 2 is 1.13 bits per heavy atom. The molecule has 3 aromatic carbocycles. The number of allylic oxidation sites excluding steroid dienone is 4. The second kappa shape index (κ2) is 12.1. The van der Waals surface area contributed by atoms with E-state index in [0.717, 1.165) is 12.8 Å². The van der Waals surface area contributed by atoms with Crippen molar-refractivity contribution in [3.05, 3.63) is 117 Å². The predicted octanol–water partition coefficient (Wildman–Crippen LogP) is -4.20. The second-order valence-electron chi connectivity index (χ2n) is 7.30. The van der Waals surface area contributed by atoms with E-state index in [1.165, 1.54) is 19.8 Å². The third-order valence-electron chi connectivity index (χ3n) is 5.66. The SMILES string of the molecule is C[Si](C1=CC[C]([Ti+3])=C1Cc1ccccc1)(c1ccccc1)c1ccccc1.[Cl-].[Cl-].[Cl-]. The van der Waals surface area contributed by atoms with Crippen LogP contribution in [-0.4, -0.2) is 8.07 Å². The maximum atomic E-state index is 2.52. The quantitative estimate of drug-likeness (QED) is 0.309. The molecule has 152 valence electrons. The summed E-state index contributed by atoms with van der Waals surface area (Å²) < 4.78 is 1.53. The standard InChI is InChI=1S/C25H23Si.3ClH.Ti/c1-26(23-15-7-3-8-16-23,24-17-9-4-10-18-24)25-19-11-14-22(25)20-21-12-5-2-6-13-21;;;;/h2-10,12-13,15-19H,11,20H2,1H3;3*1H;/q;;;;+3/p-3. The molecule has 5 heteroatoms. The first-order valence-corrected chi connectivity index (χ1v) is 12.8. The monoisotopic (exact) mass is 504 g/mol. The number of benzene rings is 3. The van der Waals surface area contributed by atoms with Gasteiger partial charge in [-0.25, -0.2) is 0 Å². The van der Waals surface area contributed by atoms with E-state index in [1.807, 2.05) is 0 Å². The summed E-state index contributed by atoms with van der Waals surface area (Å²) in [7, 11) is -2.02. The zero-order valence-corrected chi connectivity index (χ0v) is 21.6. The molecule has 0 nitrogen and oxygen atoms in total. The minimum absolute atomic E-state index is 0. The van der Waals surface area contributed by atoms with E-state index in [-0.39, 0.29) is 37.2 Å². The molecule has 3 aromatic rings. The molecule has 0 amide bonds. The minimum Gasteiger partial charge on any atom is -1.00 e. The summed E-state index contributed by atoms with van der Waals surface area (Å²) in [4.78, 5) is 0. The van der Waals surface area contributed by atoms with Crippen molar-refractivity contribution in [2.24, 2.45) is 0 Å². The first-order valence-electron chi connectivity index (χ1n) is 9.49. The topological polar surface area (TPSA) is 0 Å². The summed E-state index contributed by atoms with van der Waals surface area (Å²) in [5.74, 6) is 0. The summed E-state index contributed by atoms with van der Waals surface area (Å²) >= 11 is 2.31. The van der Waals surface area contributed by atoms with E-state index >= 15 is 0 Å². The van der Waals surface area contributed by atoms with E-state index in [2.05, 4.69) is 124 Å². The van der Waals surface area contributed by atoms with Gasteiger partial charge < -0.3 is 37.2 Å². The van der Waals surface area contributed by atoms with Crippen LogP contribution in [0.25, 0.3) is 0 Å². The molecule has 30 heavy (non-hydrogen) atoms. The molecular weight excluding hydrogens is 483 g/mol. The van der Waals surface area contributed by atoms with Gasteiger partial charge >= 0.3 is 176 Å². The molecular formula is C25H23Cl3SiTi. The van der Waals surface area contributed by atoms with E-state index < -0.39 is 8.07 Å². The third-order valence-corrected chi connectivity index (χ3v) is 11.0. The van der Waals surface area contributed by atoms with Gasteiger partial charge in [-0.3, -0.25) is 0 Å². The Hall–Kier alpha value is -1.06. The zero-order valence-electron chi connectivity index (χ0n) is 16.8. The summed E-state index contributed by atoms with van der Waals surface area (Å²) in [6, 6.07) is 33.2. The molecule has 0 unspecified atom stereocenters. The van der Waals surface area contributed by atoms with Crippen LogP contribution in [0.5, 0.6) is 0 Å². The van der Waals surface area contributed by atoms with Crippen LogP contribution in [0.3, 0.4) is 0 Å². The maximum Gasteiger partial charge on any atom is -1.00 e. The molecule has 0 aromatic heterocycles. The van der Waals surface area contributed by atoms with Gasteiger partial charge in [-0.2, -0.15) is 0 Å². The van der Waals surface area contributed by atoms with Crippen molar-refractivity contribution in [1.29, 1.82) is 0 Å². The minimum atomic E-state index is -2.02. The van der Waals surface area contributed by atoms with Crippen LogP contribution in [0, 0.1) is 0 Å². The second-order valence-corrected chi connectivity index (χ2v) is 12.2. The first kappa shape index (κ1) is 27.0. The van der Waals surface area contributed by atoms with E-state index in [1.54, 1.807) is 10.8 Å². The van der Waals surface area contributed by atoms with Crippen LogP contribution in [0.1, 0.15) is 12.0 Å². The molecule has 0 saturated heterocycles. The van der Waals surface area contributed by atoms with Crippen molar-refractivity contribution >= 4 is 18.4 Å². The summed E-state index contributed by atoms with van der Waals surface area (Å²) in [6.45, 7) is 2.52. The maximum absolute atomic E-state index is 2.52. The van der Waals surface area contributed by atoms with Crippen molar-refractivity contribution < 1.29 is 57.7 Å². The van der Waals surface area contributed by atoms with Crippen molar-refractivity contribution in [2.75, 3.05) is 0 Å². The average molecular weight is 506 g/mol. The number of rotatable bonds is 5. The van der Waals surface area contributed by atoms with E-state index in [4.69, 9.17) is 0 Å². The van der Waals surface area contributed by atoms with Crippen LogP contribution in [0.2, 0.25) is 6.55 Å². The van der Waals surface area contributed by atoms with Crippen LogP contribution >= 0.6 is 0 Å². The molecule has 0 atom stereocenters. The number of hydrogen-bond donors (Lipinski definition) is 0. The Morgan fingerprint density at radius 3 is 1.60 bits per heavy atom. The molecule has 0 N–H and O–H groups in total. The van der Waals surface area contributed by atoms with Crippen LogP contribution in [-0.2, 0) is 26.9 Å². The molecule has 0 radical (unpaired) electrons. The zero-order chi connectivity index (χ0) is 18.7. The summed E-state index contributed by atoms with van der Waals surface area (Å²) in [5.41, 5.74) is 2.96. The Labute approximate surface area is 211 Å². The molecule has 0 heterocycles. The summed E-state index contributed by atoms with van der Waals surface area (Å²) in [5, 5.41) is 4.58. The van der Waals surface area contributed by atoms with Gasteiger partial charge in [-0.05, 0) is 0 Å². The Kier molecular flexibility index (Phi) is 10.9. The molecule has 0 aliphatic heterocycles. The fourth-order valence-electron chi connectivity index (χ4n) is 4.14. The Morgan fingerprint density at radius 1 is 0.700 bits per heavy atom. The Bertz CT molecular complexity index is 947. The van der Waals surface area contributed by atoms with E-state index in [0.29, 0.717) is 0 Å².